The molecule has 2 amide bonds. The van der Waals surface area contributed by atoms with Crippen LogP contribution in [0.4, 0.5) is 5.69 Å². The lowest BCUT2D eigenvalue weighted by Gasteiger charge is -2.31. The van der Waals surface area contributed by atoms with Crippen molar-refractivity contribution in [1.82, 2.24) is 9.62 Å². The van der Waals surface area contributed by atoms with Gasteiger partial charge in [-0.15, -0.1) is 0 Å². The van der Waals surface area contributed by atoms with Gasteiger partial charge in [-0.1, -0.05) is 0 Å². The van der Waals surface area contributed by atoms with Crippen molar-refractivity contribution in [3.05, 3.63) is 46.3 Å². The molecule has 31 heavy (non-hydrogen) atoms. The molecule has 2 aliphatic heterocycles. The number of benzene rings is 1. The SMILES string of the molecule is CC(=O)N1CCc2cc(Br)c(S(=O)(=O)N3CCC(C(=O)NCc4ccco4)CC3)cc21. The fraction of sp³-hybridized carbons (Fsp3) is 0.429. The largest absolute Gasteiger partial charge is 0.467 e. The summed E-state index contributed by atoms with van der Waals surface area (Å²) in [5.41, 5.74) is 1.61. The molecule has 2 aliphatic rings. The van der Waals surface area contributed by atoms with E-state index in [0.717, 1.165) is 5.56 Å². The van der Waals surface area contributed by atoms with Crippen molar-refractivity contribution in [3.63, 3.8) is 0 Å². The number of nitrogens with one attached hydrogen (secondary N) is 1. The second-order valence-corrected chi connectivity index (χ2v) is 10.6. The Labute approximate surface area is 189 Å². The number of furan rings is 1. The van der Waals surface area contributed by atoms with E-state index in [9.17, 15) is 18.0 Å². The van der Waals surface area contributed by atoms with Crippen molar-refractivity contribution in [2.75, 3.05) is 24.5 Å². The van der Waals surface area contributed by atoms with Crippen LogP contribution >= 0.6 is 15.9 Å². The number of hydrogen-bond donors (Lipinski definition) is 1. The highest BCUT2D eigenvalue weighted by atomic mass is 79.9. The molecule has 10 heteroatoms. The van der Waals surface area contributed by atoms with Crippen LogP contribution < -0.4 is 10.2 Å². The maximum absolute atomic E-state index is 13.3. The Bertz CT molecular complexity index is 1090. The van der Waals surface area contributed by atoms with Crippen molar-refractivity contribution in [2.45, 2.75) is 37.6 Å². The molecule has 0 saturated carbocycles. The van der Waals surface area contributed by atoms with Gasteiger partial charge >= 0.3 is 0 Å². The second kappa shape index (κ2) is 8.76. The third-order valence-corrected chi connectivity index (χ3v) is 8.73. The standard InChI is InChI=1S/C21H24BrN3O5S/c1-14(26)25-9-6-16-11-18(22)20(12-19(16)25)31(28,29)24-7-4-15(5-8-24)21(27)23-13-17-3-2-10-30-17/h2-3,10-12,15H,4-9,13H2,1H3,(H,23,27). The Balaban J connectivity index is 1.44. The lowest BCUT2D eigenvalue weighted by molar-refractivity contribution is -0.126. The van der Waals surface area contributed by atoms with E-state index in [-0.39, 0.29) is 35.7 Å². The van der Waals surface area contributed by atoms with E-state index < -0.39 is 10.0 Å². The van der Waals surface area contributed by atoms with E-state index >= 15 is 0 Å². The number of sulfonamides is 1. The topological polar surface area (TPSA) is 99.9 Å². The van der Waals surface area contributed by atoms with Crippen molar-refractivity contribution in [2.24, 2.45) is 5.92 Å². The van der Waals surface area contributed by atoms with Crippen LogP contribution in [-0.4, -0.2) is 44.2 Å². The molecular weight excluding hydrogens is 486 g/mol. The van der Waals surface area contributed by atoms with Crippen LogP contribution in [0.5, 0.6) is 0 Å². The van der Waals surface area contributed by atoms with Gasteiger partial charge in [0, 0.05) is 42.6 Å². The molecule has 4 rings (SSSR count). The Hall–Kier alpha value is -2.17. The molecule has 3 heterocycles. The molecule has 0 radical (unpaired) electrons. The highest BCUT2D eigenvalue weighted by Crippen LogP contribution is 2.37. The zero-order chi connectivity index (χ0) is 22.2. The predicted octanol–water partition coefficient (Wildman–Crippen LogP) is 2.67. The summed E-state index contributed by atoms with van der Waals surface area (Å²) >= 11 is 3.40. The lowest BCUT2D eigenvalue weighted by atomic mass is 9.97. The normalized spacial score (nSPS) is 17.5. The maximum atomic E-state index is 13.3. The van der Waals surface area contributed by atoms with Crippen LogP contribution in [0.3, 0.4) is 0 Å². The first-order chi connectivity index (χ1) is 14.8. The van der Waals surface area contributed by atoms with Crippen molar-refractivity contribution < 1.29 is 22.4 Å². The van der Waals surface area contributed by atoms with Crippen molar-refractivity contribution in [1.29, 1.82) is 0 Å². The minimum Gasteiger partial charge on any atom is -0.467 e. The smallest absolute Gasteiger partial charge is 0.244 e. The van der Waals surface area contributed by atoms with Gasteiger partial charge in [0.1, 0.15) is 5.76 Å². The predicted molar refractivity (Wildman–Crippen MR) is 118 cm³/mol. The van der Waals surface area contributed by atoms with E-state index in [1.165, 1.54) is 11.2 Å². The summed E-state index contributed by atoms with van der Waals surface area (Å²) in [7, 11) is -3.76. The molecule has 0 spiro atoms. The second-order valence-electron chi connectivity index (χ2n) is 7.81. The van der Waals surface area contributed by atoms with Crippen LogP contribution in [0.25, 0.3) is 0 Å². The van der Waals surface area contributed by atoms with Crippen LogP contribution in [-0.2, 0) is 32.6 Å². The monoisotopic (exact) mass is 509 g/mol. The highest BCUT2D eigenvalue weighted by molar-refractivity contribution is 9.10. The fourth-order valence-corrected chi connectivity index (χ4v) is 6.68. The minimum atomic E-state index is -3.76. The van der Waals surface area contributed by atoms with Crippen molar-refractivity contribution in [3.8, 4) is 0 Å². The van der Waals surface area contributed by atoms with Gasteiger partial charge in [-0.3, -0.25) is 9.59 Å². The molecule has 1 aromatic heterocycles. The van der Waals surface area contributed by atoms with Crippen LogP contribution in [0.2, 0.25) is 0 Å². The molecule has 8 nitrogen and oxygen atoms in total. The lowest BCUT2D eigenvalue weighted by Crippen LogP contribution is -2.43. The average molecular weight is 510 g/mol. The Morgan fingerprint density at radius 2 is 1.97 bits per heavy atom. The molecule has 0 bridgehead atoms. The number of anilines is 1. The van der Waals surface area contributed by atoms with Gasteiger partial charge in [-0.2, -0.15) is 4.31 Å². The first-order valence-electron chi connectivity index (χ1n) is 10.2. The third kappa shape index (κ3) is 4.42. The first-order valence-corrected chi connectivity index (χ1v) is 12.4. The summed E-state index contributed by atoms with van der Waals surface area (Å²) in [6.07, 6.45) is 3.15. The molecule has 1 aromatic carbocycles. The summed E-state index contributed by atoms with van der Waals surface area (Å²) in [6, 6.07) is 6.93. The first kappa shape index (κ1) is 22.0. The molecule has 0 aliphatic carbocycles. The summed E-state index contributed by atoms with van der Waals surface area (Å²) in [6.45, 7) is 2.88. The van der Waals surface area contributed by atoms with E-state index in [1.54, 1.807) is 35.4 Å². The summed E-state index contributed by atoms with van der Waals surface area (Å²) in [5, 5.41) is 2.85. The van der Waals surface area contributed by atoms with E-state index in [2.05, 4.69) is 21.2 Å². The molecular formula is C21H24BrN3O5S. The van der Waals surface area contributed by atoms with Gasteiger partial charge in [0.15, 0.2) is 0 Å². The van der Waals surface area contributed by atoms with Gasteiger partial charge in [0.05, 0.1) is 17.7 Å². The Morgan fingerprint density at radius 3 is 2.61 bits per heavy atom. The Kier molecular flexibility index (Phi) is 6.23. The average Bonchev–Trinajstić information content (AvgIpc) is 3.41. The molecule has 166 valence electrons. The van der Waals surface area contributed by atoms with Gasteiger partial charge in [0.2, 0.25) is 21.8 Å². The van der Waals surface area contributed by atoms with E-state index in [4.69, 9.17) is 4.42 Å². The van der Waals surface area contributed by atoms with Crippen LogP contribution in [0, 0.1) is 5.92 Å². The van der Waals surface area contributed by atoms with Gasteiger partial charge < -0.3 is 14.6 Å². The third-order valence-electron chi connectivity index (χ3n) is 5.87. The minimum absolute atomic E-state index is 0.0933. The van der Waals surface area contributed by atoms with Gasteiger partial charge in [-0.25, -0.2) is 8.42 Å². The molecule has 0 unspecified atom stereocenters. The number of halogens is 1. The van der Waals surface area contributed by atoms with E-state index in [0.29, 0.717) is 48.3 Å². The molecule has 1 saturated heterocycles. The fourth-order valence-electron chi connectivity index (χ4n) is 4.14. The highest BCUT2D eigenvalue weighted by Gasteiger charge is 2.35. The number of piperidine rings is 1. The molecule has 1 fully saturated rings. The van der Waals surface area contributed by atoms with Crippen LogP contribution in [0.15, 0.2) is 44.3 Å². The molecule has 1 N–H and O–H groups in total. The number of amides is 2. The number of carbonyl (C=O) groups excluding carboxylic acids is 2. The van der Waals surface area contributed by atoms with Gasteiger partial charge in [-0.05, 0) is 65.0 Å². The quantitative estimate of drug-likeness (QED) is 0.667. The number of carbonyl (C=O) groups is 2. The van der Waals surface area contributed by atoms with Crippen molar-refractivity contribution >= 4 is 43.5 Å². The summed E-state index contributed by atoms with van der Waals surface area (Å²) in [4.78, 5) is 26.1. The number of rotatable bonds is 5. The van der Waals surface area contributed by atoms with E-state index in [1.807, 2.05) is 0 Å². The number of hydrogen-bond acceptors (Lipinski definition) is 5. The number of fused-ring (bicyclic) bond motifs is 1. The zero-order valence-corrected chi connectivity index (χ0v) is 19.5. The van der Waals surface area contributed by atoms with Gasteiger partial charge in [0.25, 0.3) is 0 Å². The Morgan fingerprint density at radius 1 is 1.23 bits per heavy atom. The summed E-state index contributed by atoms with van der Waals surface area (Å²) < 4.78 is 33.8. The summed E-state index contributed by atoms with van der Waals surface area (Å²) in [5.74, 6) is 0.238. The van der Waals surface area contributed by atoms with Crippen LogP contribution in [0.1, 0.15) is 31.1 Å². The molecule has 0 atom stereocenters. The number of nitrogens with zero attached hydrogens (tertiary/aromatic N) is 2. The zero-order valence-electron chi connectivity index (χ0n) is 17.1. The molecule has 2 aromatic rings. The maximum Gasteiger partial charge on any atom is 0.244 e.